The lowest BCUT2D eigenvalue weighted by molar-refractivity contribution is 0.363. The van der Waals surface area contributed by atoms with E-state index in [1.54, 1.807) is 18.6 Å². The van der Waals surface area contributed by atoms with E-state index in [1.165, 1.54) is 56.3 Å². The first kappa shape index (κ1) is 23.1. The average Bonchev–Trinajstić information content (AvgIpc) is 3.42. The smallest absolute Gasteiger partial charge is 0.271 e. The SMILES string of the molecule is C[C@@H](CC1CCCCCC1)NCc1ccccc1NS(=O)(=O)c1ccc(-c2ccoc2)s1. The van der Waals surface area contributed by atoms with Crippen LogP contribution in [0, 0.1) is 5.92 Å². The Hall–Kier alpha value is -2.09. The van der Waals surface area contributed by atoms with Gasteiger partial charge in [-0.25, -0.2) is 8.42 Å². The maximum atomic E-state index is 13.0. The molecule has 0 aliphatic heterocycles. The zero-order valence-corrected chi connectivity index (χ0v) is 20.2. The molecule has 7 heteroatoms. The van der Waals surface area contributed by atoms with Gasteiger partial charge in [0.25, 0.3) is 10.0 Å². The van der Waals surface area contributed by atoms with Gasteiger partial charge in [-0.1, -0.05) is 56.7 Å². The zero-order valence-electron chi connectivity index (χ0n) is 18.5. The lowest BCUT2D eigenvalue weighted by atomic mass is 9.93. The number of hydrogen-bond acceptors (Lipinski definition) is 5. The van der Waals surface area contributed by atoms with Gasteiger partial charge in [-0.15, -0.1) is 11.3 Å². The minimum Gasteiger partial charge on any atom is -0.472 e. The summed E-state index contributed by atoms with van der Waals surface area (Å²) in [6.07, 6.45) is 12.5. The van der Waals surface area contributed by atoms with Crippen LogP contribution in [0.2, 0.25) is 0 Å². The van der Waals surface area contributed by atoms with Gasteiger partial charge < -0.3 is 9.73 Å². The Morgan fingerprint density at radius 2 is 1.84 bits per heavy atom. The maximum absolute atomic E-state index is 13.0. The summed E-state index contributed by atoms with van der Waals surface area (Å²) in [7, 11) is -3.66. The van der Waals surface area contributed by atoms with Crippen LogP contribution in [-0.2, 0) is 16.6 Å². The number of hydrogen-bond donors (Lipinski definition) is 2. The molecule has 0 unspecified atom stereocenters. The molecule has 0 saturated heterocycles. The largest absolute Gasteiger partial charge is 0.472 e. The van der Waals surface area contributed by atoms with E-state index in [-0.39, 0.29) is 4.21 Å². The normalized spacial score (nSPS) is 16.5. The molecule has 1 saturated carbocycles. The van der Waals surface area contributed by atoms with E-state index in [4.69, 9.17) is 4.42 Å². The molecule has 1 fully saturated rings. The lowest BCUT2D eigenvalue weighted by Crippen LogP contribution is -2.28. The van der Waals surface area contributed by atoms with Crippen molar-refractivity contribution < 1.29 is 12.8 Å². The number of furan rings is 1. The van der Waals surface area contributed by atoms with Gasteiger partial charge in [-0.05, 0) is 49.1 Å². The van der Waals surface area contributed by atoms with Crippen LogP contribution in [0.3, 0.4) is 0 Å². The summed E-state index contributed by atoms with van der Waals surface area (Å²) in [5.74, 6) is 0.803. The Kier molecular flexibility index (Phi) is 7.71. The van der Waals surface area contributed by atoms with Gasteiger partial charge >= 0.3 is 0 Å². The molecule has 0 bridgehead atoms. The Labute approximate surface area is 195 Å². The summed E-state index contributed by atoms with van der Waals surface area (Å²) in [5, 5.41) is 3.61. The second-order valence-electron chi connectivity index (χ2n) is 8.77. The van der Waals surface area contributed by atoms with Gasteiger partial charge in [0.15, 0.2) is 0 Å². The number of benzene rings is 1. The maximum Gasteiger partial charge on any atom is 0.271 e. The van der Waals surface area contributed by atoms with Crippen molar-refractivity contribution in [3.8, 4) is 10.4 Å². The molecule has 2 heterocycles. The Balaban J connectivity index is 1.39. The van der Waals surface area contributed by atoms with Crippen LogP contribution >= 0.6 is 11.3 Å². The topological polar surface area (TPSA) is 71.3 Å². The van der Waals surface area contributed by atoms with Crippen LogP contribution < -0.4 is 10.0 Å². The summed E-state index contributed by atoms with van der Waals surface area (Å²) in [6, 6.07) is 13.3. The molecular formula is C25H32N2O3S2. The van der Waals surface area contributed by atoms with Crippen molar-refractivity contribution in [2.24, 2.45) is 5.92 Å². The number of anilines is 1. The molecule has 2 aromatic heterocycles. The van der Waals surface area contributed by atoms with E-state index in [2.05, 4.69) is 17.0 Å². The lowest BCUT2D eigenvalue weighted by Gasteiger charge is -2.21. The van der Waals surface area contributed by atoms with Crippen molar-refractivity contribution in [1.82, 2.24) is 5.32 Å². The summed E-state index contributed by atoms with van der Waals surface area (Å²) >= 11 is 1.24. The first-order valence-electron chi connectivity index (χ1n) is 11.5. The molecule has 5 nitrogen and oxygen atoms in total. The second-order valence-corrected chi connectivity index (χ2v) is 11.8. The summed E-state index contributed by atoms with van der Waals surface area (Å²) in [5.41, 5.74) is 2.46. The van der Waals surface area contributed by atoms with Gasteiger partial charge in [0.1, 0.15) is 4.21 Å². The molecule has 2 N–H and O–H groups in total. The summed E-state index contributed by atoms with van der Waals surface area (Å²) in [4.78, 5) is 0.862. The predicted molar refractivity (Wildman–Crippen MR) is 131 cm³/mol. The zero-order chi connectivity index (χ0) is 22.4. The van der Waals surface area contributed by atoms with E-state index < -0.39 is 10.0 Å². The molecule has 1 aliphatic carbocycles. The molecule has 4 rings (SSSR count). The molecule has 1 aliphatic rings. The minimum atomic E-state index is -3.66. The Morgan fingerprint density at radius 1 is 1.06 bits per heavy atom. The highest BCUT2D eigenvalue weighted by molar-refractivity contribution is 7.94. The van der Waals surface area contributed by atoms with E-state index in [1.807, 2.05) is 36.4 Å². The first-order valence-corrected chi connectivity index (χ1v) is 13.8. The van der Waals surface area contributed by atoms with E-state index in [0.29, 0.717) is 18.3 Å². The quantitative estimate of drug-likeness (QED) is 0.342. The van der Waals surface area contributed by atoms with Gasteiger partial charge in [-0.3, -0.25) is 4.72 Å². The minimum absolute atomic E-state index is 0.290. The van der Waals surface area contributed by atoms with Crippen LogP contribution in [0.1, 0.15) is 57.4 Å². The fourth-order valence-electron chi connectivity index (χ4n) is 4.46. The third-order valence-corrected chi connectivity index (χ3v) is 9.21. The molecule has 3 aromatic rings. The van der Waals surface area contributed by atoms with Gasteiger partial charge in [-0.2, -0.15) is 0 Å². The number of sulfonamides is 1. The first-order chi connectivity index (χ1) is 15.5. The third-order valence-electron chi connectivity index (χ3n) is 6.22. The molecule has 1 aromatic carbocycles. The van der Waals surface area contributed by atoms with Crippen molar-refractivity contribution in [1.29, 1.82) is 0 Å². The fraction of sp³-hybridized carbons (Fsp3) is 0.440. The molecule has 1 atom stereocenters. The van der Waals surface area contributed by atoms with Crippen molar-refractivity contribution in [3.05, 3.63) is 60.6 Å². The average molecular weight is 473 g/mol. The molecule has 0 amide bonds. The van der Waals surface area contributed by atoms with Crippen LogP contribution in [0.15, 0.2) is 63.6 Å². The van der Waals surface area contributed by atoms with E-state index in [9.17, 15) is 8.42 Å². The van der Waals surface area contributed by atoms with Gasteiger partial charge in [0.05, 0.1) is 18.2 Å². The number of nitrogens with one attached hydrogen (secondary N) is 2. The molecule has 0 radical (unpaired) electrons. The van der Waals surface area contributed by atoms with Gasteiger partial charge in [0.2, 0.25) is 0 Å². The standard InChI is InChI=1S/C25H32N2O3S2/c1-19(16-20-8-4-2-3-5-9-20)26-17-21-10-6-7-11-23(21)27-32(28,29)25-13-12-24(31-25)22-14-15-30-18-22/h6-7,10-15,18-20,26-27H,2-5,8-9,16-17H2,1H3/t19-/m0/s1. The van der Waals surface area contributed by atoms with E-state index >= 15 is 0 Å². The molecule has 172 valence electrons. The van der Waals surface area contributed by atoms with Crippen molar-refractivity contribution in [2.75, 3.05) is 4.72 Å². The van der Waals surface area contributed by atoms with Crippen LogP contribution in [0.25, 0.3) is 10.4 Å². The van der Waals surface area contributed by atoms with Crippen molar-refractivity contribution >= 4 is 27.0 Å². The highest BCUT2D eigenvalue weighted by Gasteiger charge is 2.20. The van der Waals surface area contributed by atoms with Gasteiger partial charge in [0, 0.05) is 23.0 Å². The van der Waals surface area contributed by atoms with Crippen LogP contribution in [0.5, 0.6) is 0 Å². The molecule has 32 heavy (non-hydrogen) atoms. The Bertz CT molecular complexity index is 1080. The summed E-state index contributed by atoms with van der Waals surface area (Å²) < 4.78 is 34.2. The number of rotatable bonds is 9. The van der Waals surface area contributed by atoms with Crippen LogP contribution in [-0.4, -0.2) is 14.5 Å². The number of thiophene rings is 1. The predicted octanol–water partition coefficient (Wildman–Crippen LogP) is 6.65. The van der Waals surface area contributed by atoms with Crippen molar-refractivity contribution in [2.45, 2.75) is 68.7 Å². The number of para-hydroxylation sites is 1. The monoisotopic (exact) mass is 472 g/mol. The highest BCUT2D eigenvalue weighted by Crippen LogP contribution is 2.32. The molecular weight excluding hydrogens is 440 g/mol. The van der Waals surface area contributed by atoms with E-state index in [0.717, 1.165) is 21.9 Å². The van der Waals surface area contributed by atoms with Crippen molar-refractivity contribution in [3.63, 3.8) is 0 Å². The Morgan fingerprint density at radius 3 is 2.59 bits per heavy atom. The second kappa shape index (κ2) is 10.7. The highest BCUT2D eigenvalue weighted by atomic mass is 32.2. The summed E-state index contributed by atoms with van der Waals surface area (Å²) in [6.45, 7) is 2.87. The third kappa shape index (κ3) is 6.03. The van der Waals surface area contributed by atoms with Crippen LogP contribution in [0.4, 0.5) is 5.69 Å². The molecule has 0 spiro atoms. The fourth-order valence-corrected chi connectivity index (χ4v) is 6.85.